The van der Waals surface area contributed by atoms with Gasteiger partial charge >= 0.3 is 0 Å². The normalized spacial score (nSPS) is 12.7. The van der Waals surface area contributed by atoms with Crippen molar-refractivity contribution < 1.29 is 0 Å². The van der Waals surface area contributed by atoms with Crippen LogP contribution in [0.5, 0.6) is 0 Å². The van der Waals surface area contributed by atoms with E-state index in [0.717, 1.165) is 12.3 Å². The first-order chi connectivity index (χ1) is 8.21. The van der Waals surface area contributed by atoms with Crippen molar-refractivity contribution in [2.45, 2.75) is 26.7 Å². The molecule has 2 nitrogen and oxygen atoms in total. The average molecular weight is 230 g/mol. The lowest BCUT2D eigenvalue weighted by Crippen LogP contribution is -2.15. The Labute approximate surface area is 104 Å². The van der Waals surface area contributed by atoms with Gasteiger partial charge < -0.3 is 5.32 Å². The van der Waals surface area contributed by atoms with Crippen LogP contribution in [-0.2, 0) is 6.42 Å². The minimum atomic E-state index is 0.906. The van der Waals surface area contributed by atoms with Crippen molar-refractivity contribution >= 4 is 11.4 Å². The van der Waals surface area contributed by atoms with Crippen LogP contribution in [0.1, 0.15) is 31.4 Å². The van der Waals surface area contributed by atoms with E-state index in [1.807, 2.05) is 7.05 Å². The Morgan fingerprint density at radius 3 is 2.76 bits per heavy atom. The second-order valence-electron chi connectivity index (χ2n) is 4.14. The number of allylic oxidation sites excluding steroid dienone is 1. The van der Waals surface area contributed by atoms with Crippen molar-refractivity contribution in [2.24, 2.45) is 4.99 Å². The largest absolute Gasteiger partial charge is 0.373 e. The first-order valence-electron chi connectivity index (χ1n) is 6.13. The van der Waals surface area contributed by atoms with Crippen molar-refractivity contribution in [3.05, 3.63) is 41.5 Å². The SMILES string of the molecule is CCCc1cccc(/C(C)=C/C(=NC)NC)c1. The summed E-state index contributed by atoms with van der Waals surface area (Å²) < 4.78 is 0. The minimum absolute atomic E-state index is 0.906. The Morgan fingerprint density at radius 1 is 1.41 bits per heavy atom. The van der Waals surface area contributed by atoms with Crippen LogP contribution in [-0.4, -0.2) is 19.9 Å². The van der Waals surface area contributed by atoms with Gasteiger partial charge in [-0.15, -0.1) is 0 Å². The van der Waals surface area contributed by atoms with Gasteiger partial charge in [-0.05, 0) is 36.1 Å². The smallest absolute Gasteiger partial charge is 0.120 e. The van der Waals surface area contributed by atoms with Crippen molar-refractivity contribution in [3.63, 3.8) is 0 Å². The number of aryl methyl sites for hydroxylation is 1. The van der Waals surface area contributed by atoms with Crippen molar-refractivity contribution in [1.82, 2.24) is 5.32 Å². The molecule has 2 heteroatoms. The third-order valence-corrected chi connectivity index (χ3v) is 2.77. The Hall–Kier alpha value is -1.57. The number of rotatable bonds is 4. The molecule has 0 aliphatic carbocycles. The van der Waals surface area contributed by atoms with E-state index < -0.39 is 0 Å². The van der Waals surface area contributed by atoms with Gasteiger partial charge in [0.25, 0.3) is 0 Å². The van der Waals surface area contributed by atoms with E-state index in [-0.39, 0.29) is 0 Å². The molecule has 92 valence electrons. The van der Waals surface area contributed by atoms with Gasteiger partial charge in [0.2, 0.25) is 0 Å². The van der Waals surface area contributed by atoms with E-state index in [1.54, 1.807) is 7.05 Å². The molecule has 0 aromatic heterocycles. The molecule has 1 aromatic carbocycles. The number of hydrogen-bond donors (Lipinski definition) is 1. The molecular weight excluding hydrogens is 208 g/mol. The third kappa shape index (κ3) is 4.06. The molecule has 0 saturated heterocycles. The molecule has 0 aliphatic heterocycles. The summed E-state index contributed by atoms with van der Waals surface area (Å²) in [6.45, 7) is 4.33. The molecule has 0 bridgehead atoms. The average Bonchev–Trinajstić information content (AvgIpc) is 2.36. The van der Waals surface area contributed by atoms with Gasteiger partial charge in [-0.2, -0.15) is 0 Å². The highest BCUT2D eigenvalue weighted by Crippen LogP contribution is 2.16. The maximum atomic E-state index is 4.16. The maximum absolute atomic E-state index is 4.16. The predicted molar refractivity (Wildman–Crippen MR) is 76.5 cm³/mol. The molecule has 0 fully saturated rings. The first kappa shape index (κ1) is 13.5. The van der Waals surface area contributed by atoms with Gasteiger partial charge in [-0.3, -0.25) is 4.99 Å². The highest BCUT2D eigenvalue weighted by Gasteiger charge is 1.99. The van der Waals surface area contributed by atoms with Crippen molar-refractivity contribution in [2.75, 3.05) is 14.1 Å². The zero-order valence-electron chi connectivity index (χ0n) is 11.2. The van der Waals surface area contributed by atoms with E-state index in [2.05, 4.69) is 54.5 Å². The number of benzene rings is 1. The van der Waals surface area contributed by atoms with E-state index in [4.69, 9.17) is 0 Å². The Bertz CT molecular complexity index is 417. The molecule has 0 unspecified atom stereocenters. The van der Waals surface area contributed by atoms with Gasteiger partial charge in [0.15, 0.2) is 0 Å². The van der Waals surface area contributed by atoms with E-state index in [9.17, 15) is 0 Å². The summed E-state index contributed by atoms with van der Waals surface area (Å²) in [6.07, 6.45) is 4.40. The molecule has 1 N–H and O–H groups in total. The van der Waals surface area contributed by atoms with Gasteiger partial charge in [0.1, 0.15) is 5.84 Å². The highest BCUT2D eigenvalue weighted by molar-refractivity contribution is 5.98. The van der Waals surface area contributed by atoms with Crippen LogP contribution in [0.4, 0.5) is 0 Å². The molecule has 1 aromatic rings. The fourth-order valence-corrected chi connectivity index (χ4v) is 1.80. The Morgan fingerprint density at radius 2 is 2.18 bits per heavy atom. The predicted octanol–water partition coefficient (Wildman–Crippen LogP) is 3.29. The van der Waals surface area contributed by atoms with E-state index in [1.165, 1.54) is 23.1 Å². The maximum Gasteiger partial charge on any atom is 0.120 e. The van der Waals surface area contributed by atoms with Crippen LogP contribution >= 0.6 is 0 Å². The highest BCUT2D eigenvalue weighted by atomic mass is 14.9. The summed E-state index contributed by atoms with van der Waals surface area (Å²) in [5, 5.41) is 3.07. The molecular formula is C15H22N2. The van der Waals surface area contributed by atoms with E-state index in [0.29, 0.717) is 0 Å². The number of nitrogens with one attached hydrogen (secondary N) is 1. The fourth-order valence-electron chi connectivity index (χ4n) is 1.80. The Balaban J connectivity index is 2.95. The molecule has 0 atom stereocenters. The number of nitrogens with zero attached hydrogens (tertiary/aromatic N) is 1. The molecule has 1 rings (SSSR count). The first-order valence-corrected chi connectivity index (χ1v) is 6.13. The summed E-state index contributed by atoms with van der Waals surface area (Å²) in [5.74, 6) is 0.906. The molecule has 0 aliphatic rings. The second-order valence-corrected chi connectivity index (χ2v) is 4.14. The third-order valence-electron chi connectivity index (χ3n) is 2.77. The number of hydrogen-bond acceptors (Lipinski definition) is 1. The molecule has 0 amide bonds. The van der Waals surface area contributed by atoms with Crippen molar-refractivity contribution in [3.8, 4) is 0 Å². The van der Waals surface area contributed by atoms with Crippen LogP contribution in [0.15, 0.2) is 35.3 Å². The standard InChI is InChI=1S/C15H22N2/c1-5-7-13-8-6-9-14(11-13)12(2)10-15(16-3)17-4/h6,8-11H,5,7H2,1-4H3,(H,16,17)/b12-10+. The topological polar surface area (TPSA) is 24.4 Å². The van der Waals surface area contributed by atoms with Crippen molar-refractivity contribution in [1.29, 1.82) is 0 Å². The fraction of sp³-hybridized carbons (Fsp3) is 0.400. The summed E-state index contributed by atoms with van der Waals surface area (Å²) >= 11 is 0. The molecule has 0 spiro atoms. The lowest BCUT2D eigenvalue weighted by molar-refractivity contribution is 0.921. The second kappa shape index (κ2) is 6.89. The lowest BCUT2D eigenvalue weighted by atomic mass is 10.0. The quantitative estimate of drug-likeness (QED) is 0.623. The van der Waals surface area contributed by atoms with Gasteiger partial charge in [-0.1, -0.05) is 37.6 Å². The minimum Gasteiger partial charge on any atom is -0.373 e. The van der Waals surface area contributed by atoms with Gasteiger partial charge in [0.05, 0.1) is 0 Å². The number of aliphatic imine (C=N–C) groups is 1. The summed E-state index contributed by atoms with van der Waals surface area (Å²) in [7, 11) is 3.68. The van der Waals surface area contributed by atoms with Crippen LogP contribution in [0.2, 0.25) is 0 Å². The number of likely N-dealkylation sites (N-methyl/N-ethyl adjacent to an activating group) is 1. The molecule has 0 saturated carbocycles. The van der Waals surface area contributed by atoms with Crippen LogP contribution in [0, 0.1) is 0 Å². The Kier molecular flexibility index (Phi) is 5.47. The summed E-state index contributed by atoms with van der Waals surface area (Å²) in [6, 6.07) is 8.72. The van der Waals surface area contributed by atoms with Crippen LogP contribution in [0.3, 0.4) is 0 Å². The molecule has 17 heavy (non-hydrogen) atoms. The monoisotopic (exact) mass is 230 g/mol. The zero-order valence-corrected chi connectivity index (χ0v) is 11.2. The lowest BCUT2D eigenvalue weighted by Gasteiger charge is -2.06. The molecule has 0 radical (unpaired) electrons. The summed E-state index contributed by atoms with van der Waals surface area (Å²) in [5.41, 5.74) is 3.91. The van der Waals surface area contributed by atoms with Gasteiger partial charge in [0, 0.05) is 14.1 Å². The zero-order chi connectivity index (χ0) is 12.7. The summed E-state index contributed by atoms with van der Waals surface area (Å²) in [4.78, 5) is 4.16. The number of amidine groups is 1. The van der Waals surface area contributed by atoms with Crippen LogP contribution < -0.4 is 5.32 Å². The van der Waals surface area contributed by atoms with Gasteiger partial charge in [-0.25, -0.2) is 0 Å². The van der Waals surface area contributed by atoms with Crippen LogP contribution in [0.25, 0.3) is 5.57 Å². The van der Waals surface area contributed by atoms with E-state index >= 15 is 0 Å². The molecule has 0 heterocycles.